The van der Waals surface area contributed by atoms with Crippen LogP contribution in [0.25, 0.3) is 0 Å². The molecule has 0 heterocycles. The molecule has 0 aliphatic carbocycles. The van der Waals surface area contributed by atoms with Gasteiger partial charge in [0.15, 0.2) is 0 Å². The standard InChI is InChI=1S/C13H26N2O4/c1-9(8-19-6)15-10(16)7-14-13(4,5)12(2,3)11(17)18/h9,14H,7-8H2,1-6H3,(H,15,16)(H,17,18). The minimum absolute atomic E-state index is 0.0672. The van der Waals surface area contributed by atoms with E-state index in [9.17, 15) is 14.7 Å². The molecule has 6 heteroatoms. The van der Waals surface area contributed by atoms with Crippen LogP contribution in [0.3, 0.4) is 0 Å². The van der Waals surface area contributed by atoms with Gasteiger partial charge in [0.05, 0.1) is 18.6 Å². The molecule has 0 bridgehead atoms. The maximum absolute atomic E-state index is 11.7. The fraction of sp³-hybridized carbons (Fsp3) is 0.846. The molecule has 0 spiro atoms. The van der Waals surface area contributed by atoms with Gasteiger partial charge in [0.25, 0.3) is 0 Å². The number of nitrogens with one attached hydrogen (secondary N) is 2. The van der Waals surface area contributed by atoms with Crippen molar-refractivity contribution in [1.29, 1.82) is 0 Å². The van der Waals surface area contributed by atoms with E-state index < -0.39 is 16.9 Å². The number of hydrogen-bond donors (Lipinski definition) is 3. The zero-order valence-electron chi connectivity index (χ0n) is 12.7. The van der Waals surface area contributed by atoms with Crippen LogP contribution in [-0.2, 0) is 14.3 Å². The topological polar surface area (TPSA) is 87.7 Å². The number of carbonyl (C=O) groups is 2. The van der Waals surface area contributed by atoms with E-state index in [1.54, 1.807) is 34.8 Å². The third-order valence-corrected chi connectivity index (χ3v) is 3.61. The Morgan fingerprint density at radius 2 is 1.79 bits per heavy atom. The first-order valence-electron chi connectivity index (χ1n) is 6.31. The average molecular weight is 274 g/mol. The van der Waals surface area contributed by atoms with Crippen molar-refractivity contribution < 1.29 is 19.4 Å². The fourth-order valence-corrected chi connectivity index (χ4v) is 1.41. The quantitative estimate of drug-likeness (QED) is 0.604. The number of rotatable bonds is 8. The Morgan fingerprint density at radius 1 is 1.26 bits per heavy atom. The van der Waals surface area contributed by atoms with Gasteiger partial charge in [0, 0.05) is 18.7 Å². The fourth-order valence-electron chi connectivity index (χ4n) is 1.41. The number of aliphatic carboxylic acids is 1. The molecule has 6 nitrogen and oxygen atoms in total. The van der Waals surface area contributed by atoms with Gasteiger partial charge in [0.2, 0.25) is 5.91 Å². The summed E-state index contributed by atoms with van der Waals surface area (Å²) in [4.78, 5) is 22.9. The van der Waals surface area contributed by atoms with Crippen LogP contribution in [0.4, 0.5) is 0 Å². The highest BCUT2D eigenvalue weighted by Crippen LogP contribution is 2.30. The maximum atomic E-state index is 11.7. The molecular formula is C13H26N2O4. The summed E-state index contributed by atoms with van der Waals surface area (Å²) in [5.74, 6) is -1.09. The molecule has 0 saturated heterocycles. The largest absolute Gasteiger partial charge is 0.481 e. The van der Waals surface area contributed by atoms with Crippen LogP contribution in [0.2, 0.25) is 0 Å². The van der Waals surface area contributed by atoms with E-state index in [0.29, 0.717) is 6.61 Å². The number of amides is 1. The highest BCUT2D eigenvalue weighted by molar-refractivity contribution is 5.79. The Bertz CT molecular complexity index is 327. The lowest BCUT2D eigenvalue weighted by Gasteiger charge is -2.39. The van der Waals surface area contributed by atoms with Crippen molar-refractivity contribution in [2.75, 3.05) is 20.3 Å². The van der Waals surface area contributed by atoms with E-state index >= 15 is 0 Å². The number of carbonyl (C=O) groups excluding carboxylic acids is 1. The highest BCUT2D eigenvalue weighted by Gasteiger charge is 2.43. The van der Waals surface area contributed by atoms with Crippen molar-refractivity contribution in [2.45, 2.75) is 46.2 Å². The lowest BCUT2D eigenvalue weighted by molar-refractivity contribution is -0.151. The smallest absolute Gasteiger partial charge is 0.310 e. The molecule has 0 fully saturated rings. The van der Waals surface area contributed by atoms with Crippen LogP contribution >= 0.6 is 0 Å². The zero-order valence-corrected chi connectivity index (χ0v) is 12.7. The number of hydrogen-bond acceptors (Lipinski definition) is 4. The molecule has 19 heavy (non-hydrogen) atoms. The highest BCUT2D eigenvalue weighted by atomic mass is 16.5. The van der Waals surface area contributed by atoms with Crippen molar-refractivity contribution in [3.05, 3.63) is 0 Å². The van der Waals surface area contributed by atoms with Gasteiger partial charge in [-0.3, -0.25) is 9.59 Å². The predicted molar refractivity (Wildman–Crippen MR) is 73.0 cm³/mol. The van der Waals surface area contributed by atoms with Gasteiger partial charge in [-0.2, -0.15) is 0 Å². The number of carboxylic acids is 1. The van der Waals surface area contributed by atoms with E-state index in [4.69, 9.17) is 4.74 Å². The third-order valence-electron chi connectivity index (χ3n) is 3.61. The molecule has 3 N–H and O–H groups in total. The molecule has 0 aromatic rings. The molecule has 0 aliphatic rings. The lowest BCUT2D eigenvalue weighted by atomic mass is 9.74. The Kier molecular flexibility index (Phi) is 6.45. The second kappa shape index (κ2) is 6.86. The van der Waals surface area contributed by atoms with E-state index in [-0.39, 0.29) is 18.5 Å². The zero-order chi connectivity index (χ0) is 15.3. The predicted octanol–water partition coefficient (Wildman–Crippen LogP) is 0.617. The Labute approximate surface area is 114 Å². The maximum Gasteiger partial charge on any atom is 0.310 e. The minimum atomic E-state index is -0.981. The second-order valence-electron chi connectivity index (χ2n) is 5.83. The summed E-state index contributed by atoms with van der Waals surface area (Å²) in [5, 5.41) is 15.0. The van der Waals surface area contributed by atoms with Crippen molar-refractivity contribution >= 4 is 11.9 Å². The SMILES string of the molecule is COCC(C)NC(=O)CNC(C)(C)C(C)(C)C(=O)O. The van der Waals surface area contributed by atoms with E-state index in [1.807, 2.05) is 6.92 Å². The van der Waals surface area contributed by atoms with Gasteiger partial charge in [0.1, 0.15) is 0 Å². The van der Waals surface area contributed by atoms with Crippen LogP contribution < -0.4 is 10.6 Å². The first-order valence-corrected chi connectivity index (χ1v) is 6.31. The van der Waals surface area contributed by atoms with Gasteiger partial charge in [-0.1, -0.05) is 0 Å². The average Bonchev–Trinajstić information content (AvgIpc) is 2.26. The normalized spacial score (nSPS) is 14.0. The molecule has 1 atom stereocenters. The van der Waals surface area contributed by atoms with Gasteiger partial charge in [-0.05, 0) is 34.6 Å². The van der Waals surface area contributed by atoms with Gasteiger partial charge in [-0.25, -0.2) is 0 Å². The number of carboxylic acid groups (broad SMARTS) is 1. The van der Waals surface area contributed by atoms with E-state index in [0.717, 1.165) is 0 Å². The first kappa shape index (κ1) is 17.9. The van der Waals surface area contributed by atoms with Gasteiger partial charge in [-0.15, -0.1) is 0 Å². The van der Waals surface area contributed by atoms with Crippen LogP contribution in [0.15, 0.2) is 0 Å². The second-order valence-corrected chi connectivity index (χ2v) is 5.83. The van der Waals surface area contributed by atoms with Gasteiger partial charge >= 0.3 is 5.97 Å². The Hall–Kier alpha value is -1.14. The van der Waals surface area contributed by atoms with Crippen molar-refractivity contribution in [3.63, 3.8) is 0 Å². The molecule has 0 rings (SSSR count). The minimum Gasteiger partial charge on any atom is -0.481 e. The van der Waals surface area contributed by atoms with Gasteiger partial charge < -0.3 is 20.5 Å². The molecule has 0 aromatic heterocycles. The van der Waals surface area contributed by atoms with Crippen LogP contribution in [0, 0.1) is 5.41 Å². The molecule has 1 unspecified atom stereocenters. The molecule has 1 amide bonds. The summed E-state index contributed by atoms with van der Waals surface area (Å²) in [6.45, 7) is 9.16. The summed E-state index contributed by atoms with van der Waals surface area (Å²) in [6.07, 6.45) is 0. The van der Waals surface area contributed by atoms with Crippen LogP contribution in [-0.4, -0.2) is 48.8 Å². The summed E-state index contributed by atoms with van der Waals surface area (Å²) in [6, 6.07) is -0.0742. The first-order chi connectivity index (χ1) is 8.54. The monoisotopic (exact) mass is 274 g/mol. The van der Waals surface area contributed by atoms with E-state index in [1.165, 1.54) is 0 Å². The van der Waals surface area contributed by atoms with Crippen molar-refractivity contribution in [2.24, 2.45) is 5.41 Å². The number of methoxy groups -OCH3 is 1. The molecule has 0 aliphatic heterocycles. The van der Waals surface area contributed by atoms with Crippen molar-refractivity contribution in [1.82, 2.24) is 10.6 Å². The Morgan fingerprint density at radius 3 is 2.21 bits per heavy atom. The van der Waals surface area contributed by atoms with Crippen molar-refractivity contribution in [3.8, 4) is 0 Å². The number of ether oxygens (including phenoxy) is 1. The van der Waals surface area contributed by atoms with Crippen LogP contribution in [0.1, 0.15) is 34.6 Å². The Balaban J connectivity index is 4.39. The van der Waals surface area contributed by atoms with Crippen LogP contribution in [0.5, 0.6) is 0 Å². The molecule has 0 saturated carbocycles. The molecule has 0 radical (unpaired) electrons. The summed E-state index contributed by atoms with van der Waals surface area (Å²) in [7, 11) is 1.57. The lowest BCUT2D eigenvalue weighted by Crippen LogP contribution is -2.57. The third kappa shape index (κ3) is 5.16. The summed E-state index contributed by atoms with van der Waals surface area (Å²) < 4.78 is 4.92. The molecular weight excluding hydrogens is 248 g/mol. The molecule has 112 valence electrons. The molecule has 0 aromatic carbocycles. The summed E-state index contributed by atoms with van der Waals surface area (Å²) >= 11 is 0. The van der Waals surface area contributed by atoms with E-state index in [2.05, 4.69) is 10.6 Å². The summed E-state index contributed by atoms with van der Waals surface area (Å²) in [5.41, 5.74) is -1.69.